The number of esters is 1. The number of hydrogen-bond acceptors (Lipinski definition) is 6. The van der Waals surface area contributed by atoms with E-state index in [0.29, 0.717) is 12.0 Å². The molecule has 1 aromatic rings. The first-order valence-corrected chi connectivity index (χ1v) is 7.77. The Morgan fingerprint density at radius 2 is 1.91 bits per heavy atom. The van der Waals surface area contributed by atoms with Gasteiger partial charge < -0.3 is 23.7 Å². The molecule has 2 aliphatic heterocycles. The number of methoxy groups -OCH3 is 1. The van der Waals surface area contributed by atoms with E-state index in [1.54, 1.807) is 31.4 Å². The van der Waals surface area contributed by atoms with Crippen molar-refractivity contribution in [1.29, 1.82) is 0 Å². The van der Waals surface area contributed by atoms with Gasteiger partial charge in [-0.25, -0.2) is 4.79 Å². The molecule has 1 aromatic carbocycles. The standard InChI is InChI=1S/C17H20O6/c1-16(2)21-12-13(22-16)17(23-15(12)19-3)9-11(17)20-14(18)10-7-5-4-6-8-10/h4-8,11-13,15H,9H2,1-3H3/t11-,12+,13?,15-,17+/m1/s1. The van der Waals surface area contributed by atoms with Gasteiger partial charge in [-0.15, -0.1) is 0 Å². The van der Waals surface area contributed by atoms with Gasteiger partial charge in [-0.2, -0.15) is 0 Å². The summed E-state index contributed by atoms with van der Waals surface area (Å²) in [7, 11) is 1.57. The monoisotopic (exact) mass is 320 g/mol. The van der Waals surface area contributed by atoms with Gasteiger partial charge in [0.1, 0.15) is 23.9 Å². The van der Waals surface area contributed by atoms with Gasteiger partial charge in [0, 0.05) is 13.5 Å². The van der Waals surface area contributed by atoms with Crippen LogP contribution in [-0.2, 0) is 23.7 Å². The molecule has 4 rings (SSSR count). The Morgan fingerprint density at radius 3 is 2.61 bits per heavy atom. The zero-order chi connectivity index (χ0) is 16.2. The van der Waals surface area contributed by atoms with E-state index in [1.807, 2.05) is 19.9 Å². The zero-order valence-corrected chi connectivity index (χ0v) is 13.4. The van der Waals surface area contributed by atoms with Crippen molar-refractivity contribution in [3.05, 3.63) is 35.9 Å². The highest BCUT2D eigenvalue weighted by Gasteiger charge is 2.75. The Balaban J connectivity index is 1.49. The van der Waals surface area contributed by atoms with Crippen LogP contribution < -0.4 is 0 Å². The average Bonchev–Trinajstić information content (AvgIpc) is 3.00. The van der Waals surface area contributed by atoms with Crippen LogP contribution >= 0.6 is 0 Å². The van der Waals surface area contributed by atoms with Crippen LogP contribution in [0.1, 0.15) is 30.6 Å². The molecular weight excluding hydrogens is 300 g/mol. The molecule has 6 heteroatoms. The zero-order valence-electron chi connectivity index (χ0n) is 13.4. The topological polar surface area (TPSA) is 63.2 Å². The maximum absolute atomic E-state index is 12.2. The van der Waals surface area contributed by atoms with E-state index >= 15 is 0 Å². The second-order valence-corrected chi connectivity index (χ2v) is 6.66. The number of carbonyl (C=O) groups excluding carboxylic acids is 1. The van der Waals surface area contributed by atoms with Crippen molar-refractivity contribution in [2.75, 3.05) is 7.11 Å². The summed E-state index contributed by atoms with van der Waals surface area (Å²) in [5.74, 6) is -1.05. The minimum absolute atomic E-state index is 0.295. The van der Waals surface area contributed by atoms with Crippen molar-refractivity contribution in [2.45, 2.75) is 56.3 Å². The molecule has 0 bridgehead atoms. The maximum atomic E-state index is 12.2. The summed E-state index contributed by atoms with van der Waals surface area (Å²) in [6, 6.07) is 8.92. The van der Waals surface area contributed by atoms with Crippen LogP contribution in [0.3, 0.4) is 0 Å². The molecule has 3 fully saturated rings. The molecular formula is C17H20O6. The SMILES string of the molecule is CO[C@@H]1O[C@]2(C[C@H]2OC(=O)c2ccccc2)C2OC(C)(C)O[C@@H]21. The number of carbonyl (C=O) groups is 1. The van der Waals surface area contributed by atoms with Gasteiger partial charge in [-0.05, 0) is 26.0 Å². The largest absolute Gasteiger partial charge is 0.455 e. The lowest BCUT2D eigenvalue weighted by Gasteiger charge is -2.23. The Bertz CT molecular complexity index is 615. The van der Waals surface area contributed by atoms with Crippen LogP contribution in [0, 0.1) is 0 Å². The normalized spacial score (nSPS) is 40.1. The second-order valence-electron chi connectivity index (χ2n) is 6.66. The first-order valence-electron chi connectivity index (χ1n) is 7.77. The van der Waals surface area contributed by atoms with Crippen molar-refractivity contribution in [1.82, 2.24) is 0 Å². The van der Waals surface area contributed by atoms with Gasteiger partial charge in [0.25, 0.3) is 0 Å². The second kappa shape index (κ2) is 5.01. The number of benzene rings is 1. The summed E-state index contributed by atoms with van der Waals surface area (Å²) in [5, 5.41) is 0. The first kappa shape index (κ1) is 15.1. The van der Waals surface area contributed by atoms with Gasteiger partial charge in [-0.3, -0.25) is 0 Å². The molecule has 1 saturated carbocycles. The highest BCUT2D eigenvalue weighted by atomic mass is 16.8. The molecule has 124 valence electrons. The van der Waals surface area contributed by atoms with Crippen LogP contribution in [0.25, 0.3) is 0 Å². The summed E-state index contributed by atoms with van der Waals surface area (Å²) < 4.78 is 28.8. The lowest BCUT2D eigenvalue weighted by Crippen LogP contribution is -2.35. The van der Waals surface area contributed by atoms with Gasteiger partial charge in [-0.1, -0.05) is 18.2 Å². The predicted molar refractivity (Wildman–Crippen MR) is 78.7 cm³/mol. The minimum atomic E-state index is -0.695. The fourth-order valence-corrected chi connectivity index (χ4v) is 3.47. The highest BCUT2D eigenvalue weighted by molar-refractivity contribution is 5.89. The van der Waals surface area contributed by atoms with Gasteiger partial charge in [0.05, 0.1) is 5.56 Å². The molecule has 2 heterocycles. The molecule has 0 aromatic heterocycles. The Hall–Kier alpha value is -1.47. The van der Waals surface area contributed by atoms with Crippen LogP contribution in [0.4, 0.5) is 0 Å². The van der Waals surface area contributed by atoms with Crippen molar-refractivity contribution in [2.24, 2.45) is 0 Å². The third-order valence-corrected chi connectivity index (χ3v) is 4.59. The van der Waals surface area contributed by atoms with Gasteiger partial charge in [0.15, 0.2) is 12.1 Å². The van der Waals surface area contributed by atoms with Crippen molar-refractivity contribution >= 4 is 5.97 Å². The Labute approximate surface area is 134 Å². The highest BCUT2D eigenvalue weighted by Crippen LogP contribution is 2.57. The van der Waals surface area contributed by atoms with Crippen molar-refractivity contribution in [3.8, 4) is 0 Å². The molecule has 0 radical (unpaired) electrons. The fraction of sp³-hybridized carbons (Fsp3) is 0.588. The fourth-order valence-electron chi connectivity index (χ4n) is 3.47. The molecule has 3 aliphatic rings. The van der Waals surface area contributed by atoms with E-state index in [2.05, 4.69) is 0 Å². The number of rotatable bonds is 3. The molecule has 1 unspecified atom stereocenters. The molecule has 1 aliphatic carbocycles. The Morgan fingerprint density at radius 1 is 1.17 bits per heavy atom. The summed E-state index contributed by atoms with van der Waals surface area (Å²) in [4.78, 5) is 12.2. The molecule has 0 N–H and O–H groups in total. The van der Waals surface area contributed by atoms with Crippen LogP contribution in [0.2, 0.25) is 0 Å². The van der Waals surface area contributed by atoms with E-state index in [-0.39, 0.29) is 24.3 Å². The quantitative estimate of drug-likeness (QED) is 0.793. The molecule has 2 saturated heterocycles. The first-order chi connectivity index (χ1) is 11.0. The van der Waals surface area contributed by atoms with E-state index in [9.17, 15) is 4.79 Å². The number of hydrogen-bond donors (Lipinski definition) is 0. The smallest absolute Gasteiger partial charge is 0.338 e. The van der Waals surface area contributed by atoms with E-state index in [1.165, 1.54) is 0 Å². The lowest BCUT2D eigenvalue weighted by atomic mass is 10.1. The summed E-state index contributed by atoms with van der Waals surface area (Å²) in [6.45, 7) is 3.72. The number of fused-ring (bicyclic) bond motifs is 2. The molecule has 23 heavy (non-hydrogen) atoms. The van der Waals surface area contributed by atoms with E-state index < -0.39 is 17.7 Å². The average molecular weight is 320 g/mol. The minimum Gasteiger partial charge on any atom is -0.455 e. The lowest BCUT2D eigenvalue weighted by molar-refractivity contribution is -0.236. The predicted octanol–water partition coefficient (Wildman–Crippen LogP) is 1.88. The summed E-state index contributed by atoms with van der Waals surface area (Å²) >= 11 is 0. The molecule has 0 amide bonds. The Kier molecular flexibility index (Phi) is 3.29. The van der Waals surface area contributed by atoms with Gasteiger partial charge in [0.2, 0.25) is 0 Å². The van der Waals surface area contributed by atoms with Crippen LogP contribution in [0.5, 0.6) is 0 Å². The van der Waals surface area contributed by atoms with Gasteiger partial charge >= 0.3 is 5.97 Å². The molecule has 1 spiro atoms. The van der Waals surface area contributed by atoms with E-state index in [4.69, 9.17) is 23.7 Å². The third kappa shape index (κ3) is 2.37. The van der Waals surface area contributed by atoms with Crippen LogP contribution in [0.15, 0.2) is 30.3 Å². The maximum Gasteiger partial charge on any atom is 0.338 e. The number of ether oxygens (including phenoxy) is 5. The van der Waals surface area contributed by atoms with E-state index in [0.717, 1.165) is 0 Å². The third-order valence-electron chi connectivity index (χ3n) is 4.59. The van der Waals surface area contributed by atoms with Crippen molar-refractivity contribution < 1.29 is 28.5 Å². The summed E-state index contributed by atoms with van der Waals surface area (Å²) in [5.41, 5.74) is -0.139. The van der Waals surface area contributed by atoms with Crippen molar-refractivity contribution in [3.63, 3.8) is 0 Å². The molecule has 5 atom stereocenters. The molecule has 6 nitrogen and oxygen atoms in total. The van der Waals surface area contributed by atoms with Crippen LogP contribution in [-0.4, -0.2) is 49.1 Å². The summed E-state index contributed by atoms with van der Waals surface area (Å²) in [6.07, 6.45) is -0.875.